The Kier molecular flexibility index (Phi) is 5.72. The molecular formula is C21H19ClN2O3S. The van der Waals surface area contributed by atoms with Crippen molar-refractivity contribution in [1.82, 2.24) is 0 Å². The number of aryl methyl sites for hydroxylation is 2. The molecule has 5 nitrogen and oxygen atoms in total. The number of amides is 1. The summed E-state index contributed by atoms with van der Waals surface area (Å²) in [5, 5.41) is 2.98. The predicted octanol–water partition coefficient (Wildman–Crippen LogP) is 5.01. The summed E-state index contributed by atoms with van der Waals surface area (Å²) in [5.41, 5.74) is 3.08. The molecule has 144 valence electrons. The smallest absolute Gasteiger partial charge is 0.261 e. The minimum absolute atomic E-state index is 0.138. The van der Waals surface area contributed by atoms with Crippen LogP contribution in [0.5, 0.6) is 0 Å². The van der Waals surface area contributed by atoms with Gasteiger partial charge in [-0.15, -0.1) is 0 Å². The minimum atomic E-state index is -3.77. The van der Waals surface area contributed by atoms with Gasteiger partial charge in [0.25, 0.3) is 15.9 Å². The second-order valence-electron chi connectivity index (χ2n) is 6.43. The maximum absolute atomic E-state index is 12.6. The molecular weight excluding hydrogens is 396 g/mol. The van der Waals surface area contributed by atoms with Crippen molar-refractivity contribution in [3.05, 3.63) is 88.4 Å². The van der Waals surface area contributed by atoms with Gasteiger partial charge in [0.05, 0.1) is 15.5 Å². The molecule has 3 aromatic carbocycles. The molecule has 0 heterocycles. The number of rotatable bonds is 5. The maximum Gasteiger partial charge on any atom is 0.261 e. The fraction of sp³-hybridized carbons (Fsp3) is 0.0952. The first-order valence-electron chi connectivity index (χ1n) is 8.52. The lowest BCUT2D eigenvalue weighted by Crippen LogP contribution is -2.15. The van der Waals surface area contributed by atoms with E-state index in [4.69, 9.17) is 11.6 Å². The number of hydrogen-bond donors (Lipinski definition) is 2. The van der Waals surface area contributed by atoms with Crippen LogP contribution in [0.4, 0.5) is 11.4 Å². The topological polar surface area (TPSA) is 75.3 Å². The van der Waals surface area contributed by atoms with Crippen LogP contribution in [-0.2, 0) is 10.0 Å². The number of hydrogen-bond acceptors (Lipinski definition) is 3. The van der Waals surface area contributed by atoms with Crippen LogP contribution in [0, 0.1) is 13.8 Å². The molecule has 0 aromatic heterocycles. The Bertz CT molecular complexity index is 1110. The molecule has 0 aliphatic heterocycles. The summed E-state index contributed by atoms with van der Waals surface area (Å²) in [4.78, 5) is 12.7. The predicted molar refractivity (Wildman–Crippen MR) is 113 cm³/mol. The van der Waals surface area contributed by atoms with Gasteiger partial charge in [-0.2, -0.15) is 0 Å². The number of anilines is 2. The Morgan fingerprint density at radius 1 is 0.821 bits per heavy atom. The largest absolute Gasteiger partial charge is 0.322 e. The standard InChI is InChI=1S/C21H19ClN2O3S/c1-14-3-7-16(8-4-14)23-21(25)19-13-17(9-12-20(19)22)24-28(26,27)18-10-5-15(2)6-11-18/h3-13,24H,1-2H3,(H,23,25). The quantitative estimate of drug-likeness (QED) is 0.616. The molecule has 0 atom stereocenters. The van der Waals surface area contributed by atoms with Gasteiger partial charge in [-0.25, -0.2) is 8.42 Å². The molecule has 28 heavy (non-hydrogen) atoms. The Hall–Kier alpha value is -2.83. The molecule has 0 radical (unpaired) electrons. The van der Waals surface area contributed by atoms with Crippen LogP contribution in [0.15, 0.2) is 71.6 Å². The molecule has 0 unspecified atom stereocenters. The molecule has 0 saturated heterocycles. The van der Waals surface area contributed by atoms with E-state index in [0.717, 1.165) is 11.1 Å². The molecule has 2 N–H and O–H groups in total. The zero-order chi connectivity index (χ0) is 20.3. The van der Waals surface area contributed by atoms with Crippen molar-refractivity contribution < 1.29 is 13.2 Å². The van der Waals surface area contributed by atoms with E-state index in [1.54, 1.807) is 24.3 Å². The highest BCUT2D eigenvalue weighted by Gasteiger charge is 2.17. The molecule has 0 aliphatic carbocycles. The second-order valence-corrected chi connectivity index (χ2v) is 8.52. The second kappa shape index (κ2) is 8.04. The number of benzene rings is 3. The van der Waals surface area contributed by atoms with E-state index >= 15 is 0 Å². The van der Waals surface area contributed by atoms with Crippen LogP contribution in [0.1, 0.15) is 21.5 Å². The van der Waals surface area contributed by atoms with Crippen LogP contribution in [-0.4, -0.2) is 14.3 Å². The lowest BCUT2D eigenvalue weighted by Gasteiger charge is -2.11. The van der Waals surface area contributed by atoms with E-state index < -0.39 is 15.9 Å². The van der Waals surface area contributed by atoms with Gasteiger partial charge in [0.15, 0.2) is 0 Å². The highest BCUT2D eigenvalue weighted by atomic mass is 35.5. The first-order chi connectivity index (χ1) is 13.2. The minimum Gasteiger partial charge on any atom is -0.322 e. The van der Waals surface area contributed by atoms with Gasteiger partial charge < -0.3 is 5.32 Å². The molecule has 0 saturated carbocycles. The zero-order valence-corrected chi connectivity index (χ0v) is 16.9. The average molecular weight is 415 g/mol. The summed E-state index contributed by atoms with van der Waals surface area (Å²) in [6, 6.07) is 18.2. The van der Waals surface area contributed by atoms with Crippen LogP contribution < -0.4 is 10.0 Å². The Balaban J connectivity index is 1.83. The van der Waals surface area contributed by atoms with E-state index in [-0.39, 0.29) is 21.2 Å². The zero-order valence-electron chi connectivity index (χ0n) is 15.4. The van der Waals surface area contributed by atoms with E-state index in [2.05, 4.69) is 10.0 Å². The lowest BCUT2D eigenvalue weighted by molar-refractivity contribution is 0.102. The van der Waals surface area contributed by atoms with Gasteiger partial charge in [-0.05, 0) is 56.3 Å². The Labute approximate surface area is 169 Å². The van der Waals surface area contributed by atoms with Gasteiger partial charge in [-0.1, -0.05) is 47.0 Å². The van der Waals surface area contributed by atoms with Crippen molar-refractivity contribution in [2.45, 2.75) is 18.7 Å². The van der Waals surface area contributed by atoms with Crippen molar-refractivity contribution in [2.75, 3.05) is 10.0 Å². The molecule has 0 aliphatic rings. The van der Waals surface area contributed by atoms with Crippen molar-refractivity contribution >= 4 is 38.9 Å². The fourth-order valence-electron chi connectivity index (χ4n) is 2.53. The third-order valence-corrected chi connectivity index (χ3v) is 5.83. The number of nitrogens with one attached hydrogen (secondary N) is 2. The van der Waals surface area contributed by atoms with E-state index in [1.165, 1.54) is 30.3 Å². The van der Waals surface area contributed by atoms with Gasteiger partial charge in [-0.3, -0.25) is 9.52 Å². The summed E-state index contributed by atoms with van der Waals surface area (Å²) in [6.45, 7) is 3.83. The van der Waals surface area contributed by atoms with Crippen molar-refractivity contribution in [3.63, 3.8) is 0 Å². The molecule has 0 spiro atoms. The molecule has 0 fully saturated rings. The first kappa shape index (κ1) is 19.9. The van der Waals surface area contributed by atoms with Crippen LogP contribution in [0.2, 0.25) is 5.02 Å². The summed E-state index contributed by atoms with van der Waals surface area (Å²) in [6.07, 6.45) is 0. The molecule has 3 rings (SSSR count). The maximum atomic E-state index is 12.6. The van der Waals surface area contributed by atoms with E-state index in [0.29, 0.717) is 5.69 Å². The van der Waals surface area contributed by atoms with Gasteiger partial charge in [0.2, 0.25) is 0 Å². The third-order valence-electron chi connectivity index (χ3n) is 4.10. The SMILES string of the molecule is Cc1ccc(NC(=O)c2cc(NS(=O)(=O)c3ccc(C)cc3)ccc2Cl)cc1. The fourth-order valence-corrected chi connectivity index (χ4v) is 3.78. The summed E-state index contributed by atoms with van der Waals surface area (Å²) in [7, 11) is -3.77. The van der Waals surface area contributed by atoms with Gasteiger partial charge in [0.1, 0.15) is 0 Å². The normalized spacial score (nSPS) is 11.1. The number of carbonyl (C=O) groups is 1. The third kappa shape index (κ3) is 4.71. The molecule has 1 amide bonds. The van der Waals surface area contributed by atoms with E-state index in [1.807, 2.05) is 26.0 Å². The van der Waals surface area contributed by atoms with Gasteiger partial charge >= 0.3 is 0 Å². The van der Waals surface area contributed by atoms with Crippen molar-refractivity contribution in [1.29, 1.82) is 0 Å². The summed E-state index contributed by atoms with van der Waals surface area (Å²) < 4.78 is 27.6. The number of carbonyl (C=O) groups excluding carboxylic acids is 1. The van der Waals surface area contributed by atoms with Gasteiger partial charge in [0, 0.05) is 11.4 Å². The van der Waals surface area contributed by atoms with Crippen LogP contribution in [0.3, 0.4) is 0 Å². The molecule has 0 bridgehead atoms. The Morgan fingerprint density at radius 3 is 1.96 bits per heavy atom. The molecule has 7 heteroatoms. The average Bonchev–Trinajstić information content (AvgIpc) is 2.65. The number of sulfonamides is 1. The Morgan fingerprint density at radius 2 is 1.36 bits per heavy atom. The molecule has 3 aromatic rings. The number of halogens is 1. The lowest BCUT2D eigenvalue weighted by atomic mass is 10.1. The van der Waals surface area contributed by atoms with Crippen LogP contribution >= 0.6 is 11.6 Å². The van der Waals surface area contributed by atoms with Crippen molar-refractivity contribution in [2.24, 2.45) is 0 Å². The van der Waals surface area contributed by atoms with Crippen LogP contribution in [0.25, 0.3) is 0 Å². The monoisotopic (exact) mass is 414 g/mol. The van der Waals surface area contributed by atoms with Crippen molar-refractivity contribution in [3.8, 4) is 0 Å². The summed E-state index contributed by atoms with van der Waals surface area (Å²) >= 11 is 6.15. The first-order valence-corrected chi connectivity index (χ1v) is 10.4. The highest BCUT2D eigenvalue weighted by Crippen LogP contribution is 2.24. The van der Waals surface area contributed by atoms with E-state index in [9.17, 15) is 13.2 Å². The highest BCUT2D eigenvalue weighted by molar-refractivity contribution is 7.92. The summed E-state index contributed by atoms with van der Waals surface area (Å²) in [5.74, 6) is -0.426.